The largest absolute Gasteiger partial charge is 0.0837 e. The summed E-state index contributed by atoms with van der Waals surface area (Å²) in [6.45, 7) is 14.0. The Bertz CT molecular complexity index is 975. The molecule has 0 amide bonds. The van der Waals surface area contributed by atoms with Gasteiger partial charge in [-0.25, -0.2) is 0 Å². The van der Waals surface area contributed by atoms with Gasteiger partial charge in [-0.1, -0.05) is 86.5 Å². The van der Waals surface area contributed by atoms with Crippen LogP contribution in [-0.2, 0) is 12.8 Å². The van der Waals surface area contributed by atoms with Crippen molar-refractivity contribution < 1.29 is 0 Å². The van der Waals surface area contributed by atoms with Gasteiger partial charge in [-0.3, -0.25) is 0 Å². The van der Waals surface area contributed by atoms with E-state index in [-0.39, 0.29) is 0 Å². The molecule has 2 aromatic carbocycles. The molecule has 0 fully saturated rings. The molecule has 0 heterocycles. The van der Waals surface area contributed by atoms with E-state index in [9.17, 15) is 0 Å². The van der Waals surface area contributed by atoms with Crippen molar-refractivity contribution in [3.8, 4) is 0 Å². The van der Waals surface area contributed by atoms with Gasteiger partial charge < -0.3 is 0 Å². The molecule has 0 spiro atoms. The number of benzene rings is 2. The van der Waals surface area contributed by atoms with Crippen molar-refractivity contribution in [1.29, 1.82) is 0 Å². The Balaban J connectivity index is 1.91. The zero-order valence-corrected chi connectivity index (χ0v) is 20.8. The van der Waals surface area contributed by atoms with Crippen LogP contribution in [0.5, 0.6) is 0 Å². The summed E-state index contributed by atoms with van der Waals surface area (Å²) in [5, 5.41) is 1.97. The third kappa shape index (κ3) is 2.92. The van der Waals surface area contributed by atoms with E-state index in [1.165, 1.54) is 44.5 Å². The predicted molar refractivity (Wildman–Crippen MR) is 131 cm³/mol. The maximum Gasteiger partial charge on any atom is 0.0723 e. The first-order chi connectivity index (χ1) is 13.8. The third-order valence-electron chi connectivity index (χ3n) is 7.24. The molecule has 0 bridgehead atoms. The molecule has 2 aliphatic carbocycles. The molecule has 2 atom stereocenters. The van der Waals surface area contributed by atoms with E-state index >= 15 is 0 Å². The summed E-state index contributed by atoms with van der Waals surface area (Å²) in [7, 11) is -1.91. The van der Waals surface area contributed by atoms with Gasteiger partial charge in [0.15, 0.2) is 0 Å². The Hall–Kier alpha value is -1.28. The standard InChI is InChI=1S/C26H30Cl2Si/c1-7-17-11-9-13-19-21(17)23(27)15(3)25(19)29(5,6)26-16(4)24(28)22-18(8-2)12-10-14-20(22)26/h9-14,25-26H,7-8H2,1-6H3. The van der Waals surface area contributed by atoms with Crippen LogP contribution in [0.1, 0.15) is 72.2 Å². The van der Waals surface area contributed by atoms with Gasteiger partial charge in [0, 0.05) is 21.1 Å². The summed E-state index contributed by atoms with van der Waals surface area (Å²) in [6, 6.07) is 13.5. The van der Waals surface area contributed by atoms with Crippen LogP contribution in [0.2, 0.25) is 13.1 Å². The van der Waals surface area contributed by atoms with Crippen LogP contribution in [0, 0.1) is 0 Å². The Morgan fingerprint density at radius 3 is 1.45 bits per heavy atom. The first kappa shape index (κ1) is 21.0. The molecule has 0 saturated carbocycles. The number of rotatable bonds is 4. The summed E-state index contributed by atoms with van der Waals surface area (Å²) >= 11 is 13.9. The molecule has 0 aliphatic heterocycles. The fourth-order valence-electron chi connectivity index (χ4n) is 6.04. The molecule has 2 unspecified atom stereocenters. The van der Waals surface area contributed by atoms with Crippen molar-refractivity contribution in [1.82, 2.24) is 0 Å². The van der Waals surface area contributed by atoms with Crippen molar-refractivity contribution in [2.24, 2.45) is 0 Å². The molecule has 0 saturated heterocycles. The molecule has 2 aromatic rings. The van der Waals surface area contributed by atoms with E-state index in [1.807, 2.05) is 0 Å². The van der Waals surface area contributed by atoms with Crippen LogP contribution < -0.4 is 0 Å². The van der Waals surface area contributed by atoms with Crippen LogP contribution in [0.25, 0.3) is 10.1 Å². The molecule has 0 nitrogen and oxygen atoms in total. The van der Waals surface area contributed by atoms with E-state index in [1.54, 1.807) is 0 Å². The van der Waals surface area contributed by atoms with Crippen LogP contribution in [0.3, 0.4) is 0 Å². The fourth-order valence-corrected chi connectivity index (χ4v) is 11.8. The van der Waals surface area contributed by atoms with Gasteiger partial charge in [0.05, 0.1) is 8.07 Å². The highest BCUT2D eigenvalue weighted by molar-refractivity contribution is 6.82. The van der Waals surface area contributed by atoms with E-state index in [4.69, 9.17) is 23.2 Å². The zero-order valence-electron chi connectivity index (χ0n) is 18.3. The minimum atomic E-state index is -1.91. The first-order valence-electron chi connectivity index (χ1n) is 10.7. The minimum Gasteiger partial charge on any atom is -0.0837 e. The lowest BCUT2D eigenvalue weighted by Crippen LogP contribution is -2.42. The average molecular weight is 442 g/mol. The molecule has 29 heavy (non-hydrogen) atoms. The van der Waals surface area contributed by atoms with Gasteiger partial charge in [0.2, 0.25) is 0 Å². The number of fused-ring (bicyclic) bond motifs is 2. The number of allylic oxidation sites excluding steroid dienone is 2. The van der Waals surface area contributed by atoms with Crippen molar-refractivity contribution in [3.05, 3.63) is 80.9 Å². The number of hydrogen-bond donors (Lipinski definition) is 0. The molecule has 0 N–H and O–H groups in total. The van der Waals surface area contributed by atoms with Gasteiger partial charge in [0.25, 0.3) is 0 Å². The lowest BCUT2D eigenvalue weighted by atomic mass is 10.0. The van der Waals surface area contributed by atoms with Crippen molar-refractivity contribution in [3.63, 3.8) is 0 Å². The maximum atomic E-state index is 6.96. The van der Waals surface area contributed by atoms with Gasteiger partial charge in [-0.15, -0.1) is 0 Å². The van der Waals surface area contributed by atoms with Crippen molar-refractivity contribution >= 4 is 41.3 Å². The average Bonchev–Trinajstić information content (AvgIpc) is 3.13. The Kier molecular flexibility index (Phi) is 5.38. The van der Waals surface area contributed by atoms with Gasteiger partial charge in [-0.05, 0) is 71.2 Å². The number of aryl methyl sites for hydroxylation is 2. The topological polar surface area (TPSA) is 0 Å². The van der Waals surface area contributed by atoms with Crippen molar-refractivity contribution in [2.45, 2.75) is 64.7 Å². The molecule has 152 valence electrons. The third-order valence-corrected chi connectivity index (χ3v) is 12.7. The highest BCUT2D eigenvalue weighted by atomic mass is 35.5. The number of hydrogen-bond acceptors (Lipinski definition) is 0. The first-order valence-corrected chi connectivity index (χ1v) is 14.6. The smallest absolute Gasteiger partial charge is 0.0723 e. The van der Waals surface area contributed by atoms with E-state index in [2.05, 4.69) is 77.2 Å². The van der Waals surface area contributed by atoms with Crippen LogP contribution in [-0.4, -0.2) is 8.07 Å². The molecule has 0 aromatic heterocycles. The van der Waals surface area contributed by atoms with Gasteiger partial charge in [0.1, 0.15) is 0 Å². The van der Waals surface area contributed by atoms with Crippen molar-refractivity contribution in [2.75, 3.05) is 0 Å². The Morgan fingerprint density at radius 2 is 1.10 bits per heavy atom. The normalized spacial score (nSPS) is 21.1. The summed E-state index contributed by atoms with van der Waals surface area (Å²) in [6.07, 6.45) is 2.02. The number of halogens is 2. The SMILES string of the molecule is CCc1cccc2c1C(Cl)=C(C)C2[Si](C)(C)C1C(C)=C(Cl)c2c(CC)cccc21. The van der Waals surface area contributed by atoms with E-state index in [0.717, 1.165) is 22.9 Å². The van der Waals surface area contributed by atoms with E-state index in [0.29, 0.717) is 11.1 Å². The lowest BCUT2D eigenvalue weighted by Gasteiger charge is -2.39. The summed E-state index contributed by atoms with van der Waals surface area (Å²) in [4.78, 5) is 0. The lowest BCUT2D eigenvalue weighted by molar-refractivity contribution is 0.962. The highest BCUT2D eigenvalue weighted by Gasteiger charge is 2.49. The predicted octanol–water partition coefficient (Wildman–Crippen LogP) is 8.43. The second-order valence-corrected chi connectivity index (χ2v) is 14.7. The van der Waals surface area contributed by atoms with Gasteiger partial charge in [-0.2, -0.15) is 0 Å². The zero-order chi connectivity index (χ0) is 21.1. The molecular formula is C26H30Cl2Si. The van der Waals surface area contributed by atoms with Gasteiger partial charge >= 0.3 is 0 Å². The summed E-state index contributed by atoms with van der Waals surface area (Å²) < 4.78 is 0. The quantitative estimate of drug-likeness (QED) is 0.418. The Labute approximate surface area is 186 Å². The maximum absolute atomic E-state index is 6.96. The second kappa shape index (κ2) is 7.44. The monoisotopic (exact) mass is 440 g/mol. The van der Waals surface area contributed by atoms with Crippen LogP contribution >= 0.6 is 23.2 Å². The fraction of sp³-hybridized carbons (Fsp3) is 0.385. The molecule has 2 aliphatic rings. The Morgan fingerprint density at radius 1 is 0.724 bits per heavy atom. The summed E-state index contributed by atoms with van der Waals surface area (Å²) in [5.74, 6) is 0. The molecular weight excluding hydrogens is 411 g/mol. The highest BCUT2D eigenvalue weighted by Crippen LogP contribution is 2.57. The minimum absolute atomic E-state index is 0.414. The second-order valence-electron chi connectivity index (χ2n) is 9.15. The van der Waals surface area contributed by atoms with E-state index < -0.39 is 8.07 Å². The van der Waals surface area contributed by atoms with Crippen LogP contribution in [0.4, 0.5) is 0 Å². The van der Waals surface area contributed by atoms with Crippen LogP contribution in [0.15, 0.2) is 47.5 Å². The molecule has 3 heteroatoms. The summed E-state index contributed by atoms with van der Waals surface area (Å²) in [5.41, 5.74) is 11.7. The molecule has 4 rings (SSSR count). The molecule has 0 radical (unpaired) electrons.